The molecule has 1 fully saturated rings. The van der Waals surface area contributed by atoms with Crippen LogP contribution in [0.4, 0.5) is 5.69 Å². The van der Waals surface area contributed by atoms with Gasteiger partial charge in [-0.1, -0.05) is 25.4 Å². The van der Waals surface area contributed by atoms with E-state index < -0.39 is 0 Å². The lowest BCUT2D eigenvalue weighted by molar-refractivity contribution is 0.0912. The van der Waals surface area contributed by atoms with Gasteiger partial charge in [0.25, 0.3) is 5.91 Å². The first-order valence-electron chi connectivity index (χ1n) is 6.81. The molecule has 1 saturated carbocycles. The molecule has 0 aromatic heterocycles. The summed E-state index contributed by atoms with van der Waals surface area (Å²) in [5.41, 5.74) is 6.78. The molecule has 3 nitrogen and oxygen atoms in total. The van der Waals surface area contributed by atoms with Crippen molar-refractivity contribution in [3.8, 4) is 0 Å². The standard InChI is InChI=1S/C15H21ClN2O/c1-9-5-10(2)7-12(6-9)18-15(19)13-4-3-11(16)8-14(13)17/h3-4,8-10,12H,5-7,17H2,1-2H3,(H,18,19). The van der Waals surface area contributed by atoms with E-state index >= 15 is 0 Å². The van der Waals surface area contributed by atoms with Gasteiger partial charge in [-0.15, -0.1) is 0 Å². The summed E-state index contributed by atoms with van der Waals surface area (Å²) in [5, 5.41) is 3.64. The number of hydrogen-bond donors (Lipinski definition) is 2. The molecule has 19 heavy (non-hydrogen) atoms. The third-order valence-electron chi connectivity index (χ3n) is 3.77. The number of anilines is 1. The first kappa shape index (κ1) is 14.2. The summed E-state index contributed by atoms with van der Waals surface area (Å²) >= 11 is 5.84. The Morgan fingerprint density at radius 2 is 1.89 bits per heavy atom. The number of carbonyl (C=O) groups is 1. The Kier molecular flexibility index (Phi) is 4.35. The maximum atomic E-state index is 12.2. The average Bonchev–Trinajstić information content (AvgIpc) is 2.26. The van der Waals surface area contributed by atoms with E-state index in [2.05, 4.69) is 19.2 Å². The number of benzene rings is 1. The summed E-state index contributed by atoms with van der Waals surface area (Å²) in [6.45, 7) is 4.48. The van der Waals surface area contributed by atoms with E-state index in [9.17, 15) is 4.79 Å². The fourth-order valence-electron chi connectivity index (χ4n) is 3.07. The predicted molar refractivity (Wildman–Crippen MR) is 79.3 cm³/mol. The van der Waals surface area contributed by atoms with E-state index in [1.165, 1.54) is 6.42 Å². The highest BCUT2D eigenvalue weighted by Gasteiger charge is 2.25. The molecular formula is C15H21ClN2O. The maximum Gasteiger partial charge on any atom is 0.253 e. The lowest BCUT2D eigenvalue weighted by atomic mass is 9.80. The number of nitrogens with one attached hydrogen (secondary N) is 1. The van der Waals surface area contributed by atoms with Crippen molar-refractivity contribution in [1.82, 2.24) is 5.32 Å². The second-order valence-corrected chi connectivity index (χ2v) is 6.26. The van der Waals surface area contributed by atoms with Crippen molar-refractivity contribution in [3.63, 3.8) is 0 Å². The first-order chi connectivity index (χ1) is 8.95. The summed E-state index contributed by atoms with van der Waals surface area (Å²) in [5.74, 6) is 1.23. The Balaban J connectivity index is 2.04. The van der Waals surface area contributed by atoms with E-state index in [-0.39, 0.29) is 11.9 Å². The molecule has 2 unspecified atom stereocenters. The largest absolute Gasteiger partial charge is 0.398 e. The molecule has 2 atom stereocenters. The number of nitrogen functional groups attached to an aromatic ring is 1. The Hall–Kier alpha value is -1.22. The molecule has 0 radical (unpaired) electrons. The van der Waals surface area contributed by atoms with Crippen LogP contribution in [0.25, 0.3) is 0 Å². The molecular weight excluding hydrogens is 260 g/mol. The van der Waals surface area contributed by atoms with Gasteiger partial charge in [0.2, 0.25) is 0 Å². The van der Waals surface area contributed by atoms with Crippen molar-refractivity contribution in [2.45, 2.75) is 39.2 Å². The zero-order valence-electron chi connectivity index (χ0n) is 11.4. The molecule has 0 heterocycles. The molecule has 1 aromatic rings. The number of rotatable bonds is 2. The van der Waals surface area contributed by atoms with E-state index in [0.29, 0.717) is 28.1 Å². The van der Waals surface area contributed by atoms with Crippen molar-refractivity contribution >= 4 is 23.2 Å². The normalized spacial score (nSPS) is 27.0. The van der Waals surface area contributed by atoms with Gasteiger partial charge in [0, 0.05) is 16.8 Å². The molecule has 104 valence electrons. The van der Waals surface area contributed by atoms with Gasteiger partial charge in [0.15, 0.2) is 0 Å². The number of nitrogens with two attached hydrogens (primary N) is 1. The third-order valence-corrected chi connectivity index (χ3v) is 4.01. The van der Waals surface area contributed by atoms with E-state index in [4.69, 9.17) is 17.3 Å². The summed E-state index contributed by atoms with van der Waals surface area (Å²) in [6, 6.07) is 5.24. The fourth-order valence-corrected chi connectivity index (χ4v) is 3.25. The van der Waals surface area contributed by atoms with Crippen LogP contribution in [-0.2, 0) is 0 Å². The summed E-state index contributed by atoms with van der Waals surface area (Å²) in [7, 11) is 0. The van der Waals surface area contributed by atoms with Gasteiger partial charge in [0.05, 0.1) is 5.56 Å². The SMILES string of the molecule is CC1CC(C)CC(NC(=O)c2ccc(Cl)cc2N)C1. The topological polar surface area (TPSA) is 55.1 Å². The van der Waals surface area contributed by atoms with Crippen LogP contribution in [0.2, 0.25) is 5.02 Å². The van der Waals surface area contributed by atoms with Gasteiger partial charge >= 0.3 is 0 Å². The van der Waals surface area contributed by atoms with E-state index in [1.807, 2.05) is 0 Å². The summed E-state index contributed by atoms with van der Waals surface area (Å²) in [4.78, 5) is 12.2. The lowest BCUT2D eigenvalue weighted by Crippen LogP contribution is -2.40. The number of hydrogen-bond acceptors (Lipinski definition) is 2. The highest BCUT2D eigenvalue weighted by Crippen LogP contribution is 2.29. The van der Waals surface area contributed by atoms with Crippen LogP contribution < -0.4 is 11.1 Å². The average molecular weight is 281 g/mol. The van der Waals surface area contributed by atoms with Crippen LogP contribution >= 0.6 is 11.6 Å². The number of amides is 1. The van der Waals surface area contributed by atoms with Crippen LogP contribution in [0.15, 0.2) is 18.2 Å². The Bertz CT molecular complexity index is 465. The Labute approximate surface area is 119 Å². The number of carbonyl (C=O) groups excluding carboxylic acids is 1. The third kappa shape index (κ3) is 3.63. The Morgan fingerprint density at radius 1 is 1.26 bits per heavy atom. The smallest absolute Gasteiger partial charge is 0.253 e. The van der Waals surface area contributed by atoms with Crippen LogP contribution in [0.5, 0.6) is 0 Å². The second-order valence-electron chi connectivity index (χ2n) is 5.82. The van der Waals surface area contributed by atoms with Gasteiger partial charge in [-0.3, -0.25) is 4.79 Å². The van der Waals surface area contributed by atoms with Crippen LogP contribution in [-0.4, -0.2) is 11.9 Å². The molecule has 3 N–H and O–H groups in total. The molecule has 1 amide bonds. The van der Waals surface area contributed by atoms with Crippen molar-refractivity contribution in [3.05, 3.63) is 28.8 Å². The van der Waals surface area contributed by atoms with Crippen molar-refractivity contribution in [2.24, 2.45) is 11.8 Å². The summed E-state index contributed by atoms with van der Waals surface area (Å²) < 4.78 is 0. The zero-order chi connectivity index (χ0) is 14.0. The highest BCUT2D eigenvalue weighted by atomic mass is 35.5. The van der Waals surface area contributed by atoms with Gasteiger partial charge in [-0.05, 0) is 49.3 Å². The lowest BCUT2D eigenvalue weighted by Gasteiger charge is -2.32. The molecule has 4 heteroatoms. The molecule has 2 rings (SSSR count). The van der Waals surface area contributed by atoms with Crippen molar-refractivity contribution < 1.29 is 4.79 Å². The minimum atomic E-state index is -0.0968. The quantitative estimate of drug-likeness (QED) is 0.815. The van der Waals surface area contributed by atoms with E-state index in [1.54, 1.807) is 18.2 Å². The molecule has 1 aliphatic rings. The van der Waals surface area contributed by atoms with Crippen LogP contribution in [0, 0.1) is 11.8 Å². The highest BCUT2D eigenvalue weighted by molar-refractivity contribution is 6.31. The predicted octanol–water partition coefficient (Wildman–Crippen LogP) is 3.48. The van der Waals surface area contributed by atoms with Crippen LogP contribution in [0.3, 0.4) is 0 Å². The molecule has 1 aliphatic carbocycles. The minimum absolute atomic E-state index is 0.0968. The van der Waals surface area contributed by atoms with Gasteiger partial charge < -0.3 is 11.1 Å². The van der Waals surface area contributed by atoms with Gasteiger partial charge in [-0.2, -0.15) is 0 Å². The van der Waals surface area contributed by atoms with Crippen LogP contribution in [0.1, 0.15) is 43.5 Å². The second kappa shape index (κ2) is 5.83. The first-order valence-corrected chi connectivity index (χ1v) is 7.19. The Morgan fingerprint density at radius 3 is 2.47 bits per heavy atom. The maximum absolute atomic E-state index is 12.2. The minimum Gasteiger partial charge on any atom is -0.398 e. The molecule has 0 bridgehead atoms. The summed E-state index contributed by atoms with van der Waals surface area (Å²) in [6.07, 6.45) is 3.34. The molecule has 0 saturated heterocycles. The zero-order valence-corrected chi connectivity index (χ0v) is 12.2. The molecule has 1 aromatic carbocycles. The molecule has 0 spiro atoms. The molecule has 0 aliphatic heterocycles. The van der Waals surface area contributed by atoms with Gasteiger partial charge in [-0.25, -0.2) is 0 Å². The van der Waals surface area contributed by atoms with E-state index in [0.717, 1.165) is 12.8 Å². The number of halogens is 1. The fraction of sp³-hybridized carbons (Fsp3) is 0.533. The van der Waals surface area contributed by atoms with Crippen molar-refractivity contribution in [1.29, 1.82) is 0 Å². The monoisotopic (exact) mass is 280 g/mol. The van der Waals surface area contributed by atoms with Gasteiger partial charge in [0.1, 0.15) is 0 Å². The van der Waals surface area contributed by atoms with Crippen molar-refractivity contribution in [2.75, 3.05) is 5.73 Å².